The maximum atomic E-state index is 15.6. The van der Waals surface area contributed by atoms with Crippen LogP contribution in [0.2, 0.25) is 0 Å². The zero-order chi connectivity index (χ0) is 27.5. The Labute approximate surface area is 227 Å². The van der Waals surface area contributed by atoms with E-state index in [-0.39, 0.29) is 24.6 Å². The number of hydrogen-bond acceptors (Lipinski definition) is 8. The largest absolute Gasteiger partial charge is 0.467 e. The molecule has 208 valence electrons. The second kappa shape index (κ2) is 9.62. The molecule has 3 aliphatic rings. The molecule has 2 bridgehead atoms. The van der Waals surface area contributed by atoms with Gasteiger partial charge in [0.05, 0.1) is 44.1 Å². The highest BCUT2D eigenvalue weighted by Crippen LogP contribution is 2.37. The summed E-state index contributed by atoms with van der Waals surface area (Å²) in [6.07, 6.45) is 1.84. The lowest BCUT2D eigenvalue weighted by Crippen LogP contribution is -2.46. The van der Waals surface area contributed by atoms with E-state index in [1.54, 1.807) is 18.0 Å². The fourth-order valence-corrected chi connectivity index (χ4v) is 5.96. The number of amides is 1. The third-order valence-electron chi connectivity index (χ3n) is 7.82. The highest BCUT2D eigenvalue weighted by atomic mass is 19.1. The molecule has 5 heterocycles. The Morgan fingerprint density at radius 3 is 2.62 bits per heavy atom. The molecule has 11 heteroatoms. The molecule has 0 radical (unpaired) electrons. The molecule has 10 nitrogen and oxygen atoms in total. The van der Waals surface area contributed by atoms with Crippen LogP contribution in [0.1, 0.15) is 50.7 Å². The third-order valence-corrected chi connectivity index (χ3v) is 7.82. The number of methoxy groups -OCH3 is 1. The predicted molar refractivity (Wildman–Crippen MR) is 144 cm³/mol. The topological polar surface area (TPSA) is 94.8 Å². The lowest BCUT2D eigenvalue weighted by atomic mass is 9.85. The Morgan fingerprint density at radius 2 is 1.95 bits per heavy atom. The molecule has 0 saturated carbocycles. The van der Waals surface area contributed by atoms with Gasteiger partial charge in [0.2, 0.25) is 0 Å². The zero-order valence-electron chi connectivity index (χ0n) is 23.1. The highest BCUT2D eigenvalue weighted by Gasteiger charge is 2.40. The van der Waals surface area contributed by atoms with Gasteiger partial charge in [0.15, 0.2) is 5.82 Å². The molecule has 3 fully saturated rings. The molecule has 0 spiro atoms. The lowest BCUT2D eigenvalue weighted by Gasteiger charge is -2.36. The van der Waals surface area contributed by atoms with E-state index in [2.05, 4.69) is 20.0 Å². The van der Waals surface area contributed by atoms with E-state index in [4.69, 9.17) is 14.2 Å². The maximum absolute atomic E-state index is 15.6. The van der Waals surface area contributed by atoms with Crippen LogP contribution in [0, 0.1) is 6.92 Å². The summed E-state index contributed by atoms with van der Waals surface area (Å²) in [6, 6.07) is 6.53. The molecule has 1 aromatic carbocycles. The highest BCUT2D eigenvalue weighted by molar-refractivity contribution is 5.82. The van der Waals surface area contributed by atoms with E-state index >= 15 is 4.39 Å². The summed E-state index contributed by atoms with van der Waals surface area (Å²) >= 11 is 0. The van der Waals surface area contributed by atoms with Crippen LogP contribution >= 0.6 is 0 Å². The number of morpholine rings is 1. The van der Waals surface area contributed by atoms with E-state index in [0.717, 1.165) is 40.8 Å². The van der Waals surface area contributed by atoms with Crippen molar-refractivity contribution in [3.05, 3.63) is 35.5 Å². The van der Waals surface area contributed by atoms with E-state index in [1.807, 2.05) is 45.9 Å². The van der Waals surface area contributed by atoms with E-state index in [0.29, 0.717) is 31.4 Å². The smallest absolute Gasteiger partial charge is 0.410 e. The van der Waals surface area contributed by atoms with Crippen LogP contribution in [-0.2, 0) is 9.47 Å². The maximum Gasteiger partial charge on any atom is 0.410 e. The molecule has 2 aromatic heterocycles. The molecule has 4 atom stereocenters. The average molecular weight is 539 g/mol. The van der Waals surface area contributed by atoms with Crippen molar-refractivity contribution >= 4 is 22.8 Å². The van der Waals surface area contributed by atoms with E-state index in [1.165, 1.54) is 4.90 Å². The molecule has 6 rings (SSSR count). The number of ether oxygens (including phenoxy) is 3. The molecule has 4 unspecified atom stereocenters. The van der Waals surface area contributed by atoms with Gasteiger partial charge in [-0.05, 0) is 63.8 Å². The van der Waals surface area contributed by atoms with Crippen molar-refractivity contribution in [2.75, 3.05) is 38.3 Å². The van der Waals surface area contributed by atoms with Gasteiger partial charge >= 0.3 is 12.1 Å². The first kappa shape index (κ1) is 25.8. The average Bonchev–Trinajstić information content (AvgIpc) is 3.63. The third kappa shape index (κ3) is 4.88. The fraction of sp³-hybridized carbons (Fsp3) is 0.571. The Balaban J connectivity index is 1.30. The summed E-state index contributed by atoms with van der Waals surface area (Å²) < 4.78 is 34.0. The molecule has 0 N–H and O–H groups in total. The van der Waals surface area contributed by atoms with Gasteiger partial charge in [0, 0.05) is 30.5 Å². The van der Waals surface area contributed by atoms with Gasteiger partial charge in [-0.1, -0.05) is 0 Å². The van der Waals surface area contributed by atoms with Gasteiger partial charge in [-0.25, -0.2) is 13.9 Å². The van der Waals surface area contributed by atoms with Gasteiger partial charge in [0.1, 0.15) is 17.6 Å². The summed E-state index contributed by atoms with van der Waals surface area (Å²) in [5, 5.41) is 5.57. The first-order chi connectivity index (χ1) is 18.6. The first-order valence-electron chi connectivity index (χ1n) is 13.5. The van der Waals surface area contributed by atoms with Crippen LogP contribution < -0.4 is 9.64 Å². The molecular weight excluding hydrogens is 503 g/mol. The van der Waals surface area contributed by atoms with Gasteiger partial charge in [0.25, 0.3) is 0 Å². The van der Waals surface area contributed by atoms with Crippen LogP contribution in [-0.4, -0.2) is 88.0 Å². The SMILES string of the molecule is COc1nc(N2CC3CC2CO3)cc(-n2ncc3cc(C)c(C4CCN(C(=O)OC(C)(C)C)CC4F)cc32)n1. The summed E-state index contributed by atoms with van der Waals surface area (Å²) in [4.78, 5) is 25.4. The van der Waals surface area contributed by atoms with Crippen molar-refractivity contribution < 1.29 is 23.4 Å². The van der Waals surface area contributed by atoms with Crippen LogP contribution in [0.4, 0.5) is 15.0 Å². The number of fused-ring (bicyclic) bond motifs is 3. The molecule has 3 aliphatic heterocycles. The van der Waals surface area contributed by atoms with Crippen molar-refractivity contribution in [2.24, 2.45) is 0 Å². The van der Waals surface area contributed by atoms with Gasteiger partial charge in [-0.2, -0.15) is 15.1 Å². The number of carbonyl (C=O) groups is 1. The quantitative estimate of drug-likeness (QED) is 0.489. The summed E-state index contributed by atoms with van der Waals surface area (Å²) in [5.41, 5.74) is 2.12. The Hall–Kier alpha value is -3.47. The fourth-order valence-electron chi connectivity index (χ4n) is 5.96. The van der Waals surface area contributed by atoms with Gasteiger partial charge in [-0.15, -0.1) is 0 Å². The molecule has 39 heavy (non-hydrogen) atoms. The summed E-state index contributed by atoms with van der Waals surface area (Å²) in [6.45, 7) is 9.35. The first-order valence-corrected chi connectivity index (χ1v) is 13.5. The number of nitrogens with zero attached hydrogens (tertiary/aromatic N) is 6. The molecule has 3 aromatic rings. The zero-order valence-corrected chi connectivity index (χ0v) is 23.1. The number of aromatic nitrogens is 4. The number of piperidine rings is 1. The number of anilines is 1. The second-order valence-electron chi connectivity index (χ2n) is 11.7. The van der Waals surface area contributed by atoms with Crippen LogP contribution in [0.5, 0.6) is 6.01 Å². The van der Waals surface area contributed by atoms with Crippen molar-refractivity contribution in [1.29, 1.82) is 0 Å². The minimum atomic E-state index is -1.21. The van der Waals surface area contributed by atoms with Crippen LogP contribution in [0.25, 0.3) is 16.7 Å². The number of carbonyl (C=O) groups excluding carboxylic acids is 1. The van der Waals surface area contributed by atoms with Crippen molar-refractivity contribution in [3.8, 4) is 11.8 Å². The minimum absolute atomic E-state index is 0.00446. The monoisotopic (exact) mass is 538 g/mol. The Bertz CT molecular complexity index is 1400. The van der Waals surface area contributed by atoms with Gasteiger partial charge < -0.3 is 24.0 Å². The Kier molecular flexibility index (Phi) is 6.36. The number of hydrogen-bond donors (Lipinski definition) is 0. The normalized spacial score (nSPS) is 25.0. The number of alkyl halides is 1. The standard InChI is InChI=1S/C28H35FN6O4/c1-16-8-17-12-30-35(25-11-24(31-26(32-25)37-5)34-13-19-9-18(34)15-38-19)23(17)10-21(16)20-6-7-33(14-22(20)29)27(36)39-28(2,3)4/h8,10-12,18-20,22H,6-7,9,13-15H2,1-5H3. The molecule has 1 amide bonds. The van der Waals surface area contributed by atoms with E-state index in [9.17, 15) is 4.79 Å². The number of halogens is 1. The van der Waals surface area contributed by atoms with Gasteiger partial charge in [-0.3, -0.25) is 0 Å². The Morgan fingerprint density at radius 1 is 1.15 bits per heavy atom. The minimum Gasteiger partial charge on any atom is -0.467 e. The predicted octanol–water partition coefficient (Wildman–Crippen LogP) is 4.17. The van der Waals surface area contributed by atoms with Crippen molar-refractivity contribution in [3.63, 3.8) is 0 Å². The number of rotatable bonds is 4. The number of likely N-dealkylation sites (tertiary alicyclic amines) is 1. The van der Waals surface area contributed by atoms with Crippen molar-refractivity contribution in [2.45, 2.75) is 70.4 Å². The summed E-state index contributed by atoms with van der Waals surface area (Å²) in [7, 11) is 1.55. The number of benzene rings is 1. The molecule has 3 saturated heterocycles. The molecular formula is C28H35FN6O4. The molecule has 0 aliphatic carbocycles. The van der Waals surface area contributed by atoms with Crippen LogP contribution in [0.15, 0.2) is 24.4 Å². The second-order valence-corrected chi connectivity index (χ2v) is 11.7. The van der Waals surface area contributed by atoms with Crippen molar-refractivity contribution in [1.82, 2.24) is 24.6 Å². The number of aryl methyl sites for hydroxylation is 1. The van der Waals surface area contributed by atoms with E-state index < -0.39 is 17.9 Å². The summed E-state index contributed by atoms with van der Waals surface area (Å²) in [5.74, 6) is 1.02. The van der Waals surface area contributed by atoms with Crippen LogP contribution in [0.3, 0.4) is 0 Å². The lowest BCUT2D eigenvalue weighted by molar-refractivity contribution is 0.0111.